The van der Waals surface area contributed by atoms with Crippen LogP contribution in [0, 0.1) is 0 Å². The molecule has 2 aromatic carbocycles. The Kier molecular flexibility index (Phi) is 4.78. The van der Waals surface area contributed by atoms with Crippen LogP contribution in [0.1, 0.15) is 5.56 Å². The standard InChI is InChI=1S/C17H17ClN2O3S/c1-23-16-12-14(7-8-15(16)18)24(21,22)20-10-9-19-17(20)11-13-5-3-2-4-6-13/h2-8,12H,9-11H2,1H3. The molecule has 0 aliphatic carbocycles. The van der Waals surface area contributed by atoms with Gasteiger partial charge in [0.1, 0.15) is 11.6 Å². The Balaban J connectivity index is 1.90. The van der Waals surface area contributed by atoms with Crippen molar-refractivity contribution < 1.29 is 13.2 Å². The monoisotopic (exact) mass is 364 g/mol. The summed E-state index contributed by atoms with van der Waals surface area (Å²) in [6.07, 6.45) is 0.477. The zero-order valence-electron chi connectivity index (χ0n) is 13.1. The Labute approximate surface area is 146 Å². The minimum absolute atomic E-state index is 0.145. The number of nitrogens with zero attached hydrogens (tertiary/aromatic N) is 2. The summed E-state index contributed by atoms with van der Waals surface area (Å²) in [6.45, 7) is 0.807. The van der Waals surface area contributed by atoms with E-state index in [-0.39, 0.29) is 4.90 Å². The summed E-state index contributed by atoms with van der Waals surface area (Å²) in [4.78, 5) is 4.52. The van der Waals surface area contributed by atoms with E-state index >= 15 is 0 Å². The summed E-state index contributed by atoms with van der Waals surface area (Å²) in [6, 6.07) is 14.1. The van der Waals surface area contributed by atoms with Crippen molar-refractivity contribution in [3.8, 4) is 5.75 Å². The van der Waals surface area contributed by atoms with Gasteiger partial charge in [-0.15, -0.1) is 0 Å². The summed E-state index contributed by atoms with van der Waals surface area (Å²) in [7, 11) is -2.24. The molecule has 0 fully saturated rings. The molecule has 0 N–H and O–H groups in total. The molecule has 5 nitrogen and oxygen atoms in total. The maximum atomic E-state index is 13.0. The molecule has 0 saturated heterocycles. The van der Waals surface area contributed by atoms with Crippen LogP contribution in [-0.2, 0) is 16.4 Å². The van der Waals surface area contributed by atoms with Gasteiger partial charge in [-0.3, -0.25) is 9.30 Å². The molecule has 0 unspecified atom stereocenters. The van der Waals surface area contributed by atoms with Crippen LogP contribution in [-0.4, -0.2) is 38.8 Å². The van der Waals surface area contributed by atoms with Crippen molar-refractivity contribution in [3.63, 3.8) is 0 Å². The largest absolute Gasteiger partial charge is 0.495 e. The molecule has 0 aromatic heterocycles. The lowest BCUT2D eigenvalue weighted by atomic mass is 10.1. The van der Waals surface area contributed by atoms with Crippen LogP contribution in [0.3, 0.4) is 0 Å². The van der Waals surface area contributed by atoms with Gasteiger partial charge in [0, 0.05) is 12.5 Å². The predicted molar refractivity (Wildman–Crippen MR) is 94.3 cm³/mol. The Morgan fingerprint density at radius 3 is 2.67 bits per heavy atom. The van der Waals surface area contributed by atoms with Gasteiger partial charge in [-0.2, -0.15) is 0 Å². The van der Waals surface area contributed by atoms with Crippen molar-refractivity contribution >= 4 is 27.5 Å². The van der Waals surface area contributed by atoms with E-state index in [4.69, 9.17) is 16.3 Å². The third-order valence-corrected chi connectivity index (χ3v) is 5.94. The highest BCUT2D eigenvalue weighted by molar-refractivity contribution is 7.89. The fourth-order valence-corrected chi connectivity index (χ4v) is 4.25. The zero-order chi connectivity index (χ0) is 17.2. The smallest absolute Gasteiger partial charge is 0.265 e. The Morgan fingerprint density at radius 2 is 1.96 bits per heavy atom. The number of methoxy groups -OCH3 is 1. The average Bonchev–Trinajstić information content (AvgIpc) is 3.05. The Hall–Kier alpha value is -2.05. The highest BCUT2D eigenvalue weighted by atomic mass is 35.5. The van der Waals surface area contributed by atoms with Crippen LogP contribution in [0.4, 0.5) is 0 Å². The van der Waals surface area contributed by atoms with Crippen molar-refractivity contribution in [1.29, 1.82) is 0 Å². The molecule has 3 rings (SSSR count). The van der Waals surface area contributed by atoms with Crippen LogP contribution in [0.15, 0.2) is 58.4 Å². The Bertz CT molecular complexity index is 867. The molecule has 7 heteroatoms. The number of aliphatic imine (C=N–C) groups is 1. The van der Waals surface area contributed by atoms with Gasteiger partial charge in [-0.25, -0.2) is 8.42 Å². The van der Waals surface area contributed by atoms with E-state index in [2.05, 4.69) is 4.99 Å². The molecule has 24 heavy (non-hydrogen) atoms. The molecule has 0 saturated carbocycles. The van der Waals surface area contributed by atoms with E-state index in [1.54, 1.807) is 0 Å². The number of ether oxygens (including phenoxy) is 1. The number of amidine groups is 1. The van der Waals surface area contributed by atoms with Gasteiger partial charge in [0.2, 0.25) is 0 Å². The third kappa shape index (κ3) is 3.25. The van der Waals surface area contributed by atoms with Gasteiger partial charge in [0.05, 0.1) is 30.1 Å². The Morgan fingerprint density at radius 1 is 1.21 bits per heavy atom. The van der Waals surface area contributed by atoms with E-state index in [0.29, 0.717) is 36.1 Å². The van der Waals surface area contributed by atoms with Gasteiger partial charge >= 0.3 is 0 Å². The number of sulfonamides is 1. The van der Waals surface area contributed by atoms with Crippen molar-refractivity contribution in [2.24, 2.45) is 4.99 Å². The van der Waals surface area contributed by atoms with Crippen LogP contribution < -0.4 is 4.74 Å². The second kappa shape index (κ2) is 6.83. The van der Waals surface area contributed by atoms with Crippen molar-refractivity contribution in [3.05, 3.63) is 59.1 Å². The highest BCUT2D eigenvalue weighted by Gasteiger charge is 2.31. The number of halogens is 1. The topological polar surface area (TPSA) is 59.0 Å². The average molecular weight is 365 g/mol. The molecule has 126 valence electrons. The molecule has 1 aliphatic heterocycles. The number of hydrogen-bond donors (Lipinski definition) is 0. The number of rotatable bonds is 5. The van der Waals surface area contributed by atoms with E-state index in [1.807, 2.05) is 30.3 Å². The minimum Gasteiger partial charge on any atom is -0.495 e. The van der Waals surface area contributed by atoms with Crippen molar-refractivity contribution in [2.75, 3.05) is 20.2 Å². The van der Waals surface area contributed by atoms with Crippen molar-refractivity contribution in [1.82, 2.24) is 4.31 Å². The van der Waals surface area contributed by atoms with Crippen LogP contribution in [0.2, 0.25) is 5.02 Å². The van der Waals surface area contributed by atoms with Gasteiger partial charge in [0.25, 0.3) is 10.0 Å². The molecule has 0 bridgehead atoms. The quantitative estimate of drug-likeness (QED) is 0.819. The van der Waals surface area contributed by atoms with E-state index < -0.39 is 10.0 Å². The van der Waals surface area contributed by atoms with Crippen LogP contribution in [0.25, 0.3) is 0 Å². The van der Waals surface area contributed by atoms with E-state index in [1.165, 1.54) is 29.6 Å². The highest BCUT2D eigenvalue weighted by Crippen LogP contribution is 2.29. The van der Waals surface area contributed by atoms with Gasteiger partial charge < -0.3 is 4.74 Å². The zero-order valence-corrected chi connectivity index (χ0v) is 14.7. The van der Waals surface area contributed by atoms with Crippen molar-refractivity contribution in [2.45, 2.75) is 11.3 Å². The fraction of sp³-hybridized carbons (Fsp3) is 0.235. The molecule has 0 atom stereocenters. The molecule has 0 spiro atoms. The first-order valence-electron chi connectivity index (χ1n) is 7.46. The maximum absolute atomic E-state index is 13.0. The van der Waals surface area contributed by atoms with Gasteiger partial charge in [-0.1, -0.05) is 41.9 Å². The minimum atomic E-state index is -3.69. The molecular formula is C17H17ClN2O3S. The first-order chi connectivity index (χ1) is 11.5. The molecular weight excluding hydrogens is 348 g/mol. The summed E-state index contributed by atoms with van der Waals surface area (Å²) >= 11 is 5.98. The predicted octanol–water partition coefficient (Wildman–Crippen LogP) is 2.99. The fourth-order valence-electron chi connectivity index (χ4n) is 2.59. The van der Waals surface area contributed by atoms with E-state index in [0.717, 1.165) is 5.56 Å². The van der Waals surface area contributed by atoms with Gasteiger partial charge in [-0.05, 0) is 17.7 Å². The first kappa shape index (κ1) is 16.8. The molecule has 1 heterocycles. The normalized spacial score (nSPS) is 14.6. The second-order valence-electron chi connectivity index (χ2n) is 5.33. The summed E-state index contributed by atoms with van der Waals surface area (Å²) in [5.41, 5.74) is 1.02. The summed E-state index contributed by atoms with van der Waals surface area (Å²) in [5, 5.41) is 0.371. The summed E-state index contributed by atoms with van der Waals surface area (Å²) in [5.74, 6) is 0.883. The molecule has 0 amide bonds. The maximum Gasteiger partial charge on any atom is 0.265 e. The number of hydrogen-bond acceptors (Lipinski definition) is 4. The lowest BCUT2D eigenvalue weighted by Crippen LogP contribution is -2.35. The van der Waals surface area contributed by atoms with Crippen LogP contribution >= 0.6 is 11.6 Å². The third-order valence-electron chi connectivity index (χ3n) is 3.80. The molecule has 1 aliphatic rings. The molecule has 2 aromatic rings. The number of benzene rings is 2. The SMILES string of the molecule is COc1cc(S(=O)(=O)N2CCN=C2Cc2ccccc2)ccc1Cl. The van der Waals surface area contributed by atoms with Gasteiger partial charge in [0.15, 0.2) is 0 Å². The summed E-state index contributed by atoms with van der Waals surface area (Å²) < 4.78 is 32.4. The lowest BCUT2D eigenvalue weighted by molar-refractivity contribution is 0.413. The molecule has 0 radical (unpaired) electrons. The van der Waals surface area contributed by atoms with Crippen LogP contribution in [0.5, 0.6) is 5.75 Å². The van der Waals surface area contributed by atoms with E-state index in [9.17, 15) is 8.42 Å². The lowest BCUT2D eigenvalue weighted by Gasteiger charge is -2.21. The second-order valence-corrected chi connectivity index (χ2v) is 7.60. The first-order valence-corrected chi connectivity index (χ1v) is 9.27.